The van der Waals surface area contributed by atoms with E-state index in [0.29, 0.717) is 10.2 Å². The Morgan fingerprint density at radius 2 is 1.85 bits per heavy atom. The predicted octanol–water partition coefficient (Wildman–Crippen LogP) is 4.28. The summed E-state index contributed by atoms with van der Waals surface area (Å²) in [5, 5.41) is 16.7. The van der Waals surface area contributed by atoms with E-state index in [1.165, 1.54) is 12.1 Å². The van der Waals surface area contributed by atoms with Gasteiger partial charge >= 0.3 is 5.69 Å². The number of anilines is 3. The van der Waals surface area contributed by atoms with E-state index < -0.39 is 10.7 Å². The van der Waals surface area contributed by atoms with Crippen LogP contribution in [-0.4, -0.2) is 12.0 Å². The first kappa shape index (κ1) is 14.3. The summed E-state index contributed by atoms with van der Waals surface area (Å²) in [7, 11) is 1.59. The van der Waals surface area contributed by atoms with Crippen LogP contribution in [0, 0.1) is 15.9 Å². The molecule has 104 valence electrons. The van der Waals surface area contributed by atoms with Crippen molar-refractivity contribution in [1.29, 1.82) is 0 Å². The number of hydrogen-bond acceptors (Lipinski definition) is 4. The molecule has 0 radical (unpaired) electrons. The van der Waals surface area contributed by atoms with Gasteiger partial charge < -0.3 is 10.6 Å². The van der Waals surface area contributed by atoms with Gasteiger partial charge in [-0.05, 0) is 40.2 Å². The van der Waals surface area contributed by atoms with Gasteiger partial charge in [0.15, 0.2) is 0 Å². The minimum atomic E-state index is -0.511. The van der Waals surface area contributed by atoms with Crippen LogP contribution in [0.5, 0.6) is 0 Å². The molecule has 0 unspecified atom stereocenters. The zero-order valence-electron chi connectivity index (χ0n) is 10.5. The van der Waals surface area contributed by atoms with Gasteiger partial charge in [-0.2, -0.15) is 0 Å². The van der Waals surface area contributed by atoms with E-state index >= 15 is 0 Å². The van der Waals surface area contributed by atoms with E-state index in [1.807, 2.05) is 0 Å². The minimum absolute atomic E-state index is 0.134. The molecule has 5 nitrogen and oxygen atoms in total. The van der Waals surface area contributed by atoms with E-state index in [1.54, 1.807) is 31.3 Å². The smallest absolute Gasteiger partial charge is 0.315 e. The van der Waals surface area contributed by atoms with Gasteiger partial charge in [0.2, 0.25) is 0 Å². The quantitative estimate of drug-likeness (QED) is 0.644. The van der Waals surface area contributed by atoms with Crippen molar-refractivity contribution in [2.45, 2.75) is 0 Å². The normalized spacial score (nSPS) is 10.2. The first-order valence-corrected chi connectivity index (χ1v) is 6.50. The summed E-state index contributed by atoms with van der Waals surface area (Å²) in [6, 6.07) is 9.23. The first-order chi connectivity index (χ1) is 9.54. The number of nitrogens with one attached hydrogen (secondary N) is 2. The summed E-state index contributed by atoms with van der Waals surface area (Å²) in [5.41, 5.74) is 0.592. The van der Waals surface area contributed by atoms with Crippen molar-refractivity contribution in [2.24, 2.45) is 0 Å². The van der Waals surface area contributed by atoms with Crippen LogP contribution in [0.4, 0.5) is 27.1 Å². The largest absolute Gasteiger partial charge is 0.382 e. The van der Waals surface area contributed by atoms with Crippen molar-refractivity contribution in [3.8, 4) is 0 Å². The molecule has 2 N–H and O–H groups in total. The molecule has 0 aliphatic rings. The molecule has 2 aromatic rings. The second-order valence-electron chi connectivity index (χ2n) is 3.93. The van der Waals surface area contributed by atoms with Gasteiger partial charge in [-0.1, -0.05) is 12.1 Å². The standard InChI is InChI=1S/C13H11BrFN3O2/c1-16-10-6-3-7-11(13(10)18(19)20)17-12-8(14)4-2-5-9(12)15/h2-7,16-17H,1H3. The molecule has 0 atom stereocenters. The van der Waals surface area contributed by atoms with Gasteiger partial charge in [-0.15, -0.1) is 0 Å². The van der Waals surface area contributed by atoms with Gasteiger partial charge in [0.25, 0.3) is 0 Å². The maximum Gasteiger partial charge on any atom is 0.315 e. The Kier molecular flexibility index (Phi) is 4.19. The Balaban J connectivity index is 2.51. The molecule has 0 saturated heterocycles. The molecule has 0 aliphatic carbocycles. The van der Waals surface area contributed by atoms with E-state index in [-0.39, 0.29) is 17.1 Å². The molecule has 0 saturated carbocycles. The molecule has 0 heterocycles. The third-order valence-corrected chi connectivity index (χ3v) is 3.37. The molecule has 0 fully saturated rings. The average molecular weight is 340 g/mol. The van der Waals surface area contributed by atoms with Crippen LogP contribution in [0.15, 0.2) is 40.9 Å². The molecule has 7 heteroatoms. The minimum Gasteiger partial charge on any atom is -0.382 e. The number of nitro benzene ring substituents is 1. The first-order valence-electron chi connectivity index (χ1n) is 5.70. The van der Waals surface area contributed by atoms with Gasteiger partial charge in [-0.25, -0.2) is 4.39 Å². The van der Waals surface area contributed by atoms with Crippen LogP contribution in [0.3, 0.4) is 0 Å². The Morgan fingerprint density at radius 1 is 1.20 bits per heavy atom. The van der Waals surface area contributed by atoms with Crippen molar-refractivity contribution in [3.63, 3.8) is 0 Å². The van der Waals surface area contributed by atoms with Gasteiger partial charge in [0.05, 0.1) is 10.6 Å². The Bertz CT molecular complexity index is 644. The highest BCUT2D eigenvalue weighted by atomic mass is 79.9. The fraction of sp³-hybridized carbons (Fsp3) is 0.0769. The van der Waals surface area contributed by atoms with Crippen LogP contribution in [0.25, 0.3) is 0 Å². The summed E-state index contributed by atoms with van der Waals surface area (Å²) in [5.74, 6) is -0.497. The third-order valence-electron chi connectivity index (χ3n) is 2.71. The maximum absolute atomic E-state index is 13.8. The zero-order valence-corrected chi connectivity index (χ0v) is 12.1. The predicted molar refractivity (Wildman–Crippen MR) is 80.0 cm³/mol. The van der Waals surface area contributed by atoms with Crippen LogP contribution in [-0.2, 0) is 0 Å². The van der Waals surface area contributed by atoms with Crippen LogP contribution >= 0.6 is 15.9 Å². The van der Waals surface area contributed by atoms with Crippen LogP contribution in [0.2, 0.25) is 0 Å². The molecule has 2 aromatic carbocycles. The number of nitro groups is 1. The summed E-state index contributed by atoms with van der Waals surface area (Å²) in [6.45, 7) is 0. The fourth-order valence-electron chi connectivity index (χ4n) is 1.79. The summed E-state index contributed by atoms with van der Waals surface area (Å²) < 4.78 is 14.3. The van der Waals surface area contributed by atoms with Crippen molar-refractivity contribution in [2.75, 3.05) is 17.7 Å². The van der Waals surface area contributed by atoms with Crippen molar-refractivity contribution in [3.05, 3.63) is 56.8 Å². The van der Waals surface area contributed by atoms with E-state index in [9.17, 15) is 14.5 Å². The second-order valence-corrected chi connectivity index (χ2v) is 4.78. The SMILES string of the molecule is CNc1cccc(Nc2c(F)cccc2Br)c1[N+](=O)[O-]. The summed E-state index contributed by atoms with van der Waals surface area (Å²) >= 11 is 3.21. The number of halogens is 2. The number of para-hydroxylation sites is 2. The maximum atomic E-state index is 13.8. The van der Waals surface area contributed by atoms with Crippen LogP contribution < -0.4 is 10.6 Å². The second kappa shape index (κ2) is 5.87. The van der Waals surface area contributed by atoms with E-state index in [4.69, 9.17) is 0 Å². The Hall–Kier alpha value is -2.15. The molecule has 0 aliphatic heterocycles. The highest BCUT2D eigenvalue weighted by molar-refractivity contribution is 9.10. The van der Waals surface area contributed by atoms with E-state index in [2.05, 4.69) is 26.6 Å². The zero-order chi connectivity index (χ0) is 14.7. The average Bonchev–Trinajstić information content (AvgIpc) is 2.42. The van der Waals surface area contributed by atoms with Gasteiger partial charge in [-0.3, -0.25) is 10.1 Å². The number of benzene rings is 2. The number of nitrogens with zero attached hydrogens (tertiary/aromatic N) is 1. The molecule has 0 bridgehead atoms. The molecular formula is C13H11BrFN3O2. The molecule has 0 amide bonds. The van der Waals surface area contributed by atoms with Crippen molar-refractivity contribution >= 4 is 38.7 Å². The molecule has 20 heavy (non-hydrogen) atoms. The molecule has 0 spiro atoms. The highest BCUT2D eigenvalue weighted by Crippen LogP contribution is 2.36. The number of rotatable bonds is 4. The lowest BCUT2D eigenvalue weighted by molar-refractivity contribution is -0.383. The highest BCUT2D eigenvalue weighted by Gasteiger charge is 2.20. The Labute approximate surface area is 123 Å². The molecular weight excluding hydrogens is 329 g/mol. The number of hydrogen-bond donors (Lipinski definition) is 2. The topological polar surface area (TPSA) is 67.2 Å². The van der Waals surface area contributed by atoms with Crippen molar-refractivity contribution in [1.82, 2.24) is 0 Å². The lowest BCUT2D eigenvalue weighted by atomic mass is 10.2. The van der Waals surface area contributed by atoms with Gasteiger partial charge in [0.1, 0.15) is 17.2 Å². The summed E-state index contributed by atoms with van der Waals surface area (Å²) in [6.07, 6.45) is 0. The van der Waals surface area contributed by atoms with Crippen molar-refractivity contribution < 1.29 is 9.31 Å². The lowest BCUT2D eigenvalue weighted by Crippen LogP contribution is -2.02. The third kappa shape index (κ3) is 2.72. The monoisotopic (exact) mass is 339 g/mol. The molecule has 2 rings (SSSR count). The van der Waals surface area contributed by atoms with Crippen LogP contribution in [0.1, 0.15) is 0 Å². The lowest BCUT2D eigenvalue weighted by Gasteiger charge is -2.12. The summed E-state index contributed by atoms with van der Waals surface area (Å²) in [4.78, 5) is 10.7. The Morgan fingerprint density at radius 3 is 2.45 bits per heavy atom. The molecule has 0 aromatic heterocycles. The van der Waals surface area contributed by atoms with Gasteiger partial charge in [0, 0.05) is 11.5 Å². The van der Waals surface area contributed by atoms with E-state index in [0.717, 1.165) is 0 Å². The fourth-order valence-corrected chi connectivity index (χ4v) is 2.24.